The van der Waals surface area contributed by atoms with Crippen LogP contribution in [0.5, 0.6) is 11.5 Å². The molecular weight excluding hydrogens is 304 g/mol. The van der Waals surface area contributed by atoms with Crippen molar-refractivity contribution in [2.75, 3.05) is 14.2 Å². The van der Waals surface area contributed by atoms with Gasteiger partial charge >= 0.3 is 0 Å². The number of aliphatic hydroxyl groups excluding tert-OH is 1. The van der Waals surface area contributed by atoms with Crippen molar-refractivity contribution >= 4 is 8.07 Å². The number of ether oxygens (including phenoxy) is 2. The number of aryl methyl sites for hydroxylation is 1. The van der Waals surface area contributed by atoms with Gasteiger partial charge in [-0.15, -0.1) is 5.54 Å². The largest absolute Gasteiger partial charge is 0.493 e. The molecule has 0 aliphatic carbocycles. The Balaban J connectivity index is 2.82. The van der Waals surface area contributed by atoms with Crippen molar-refractivity contribution in [3.8, 4) is 23.0 Å². The van der Waals surface area contributed by atoms with Crippen LogP contribution >= 0.6 is 0 Å². The topological polar surface area (TPSA) is 38.7 Å². The van der Waals surface area contributed by atoms with E-state index in [4.69, 9.17) is 9.47 Å². The Morgan fingerprint density at radius 3 is 2.22 bits per heavy atom. The van der Waals surface area contributed by atoms with Crippen LogP contribution in [0.15, 0.2) is 12.1 Å². The summed E-state index contributed by atoms with van der Waals surface area (Å²) in [6.07, 6.45) is 0.963. The van der Waals surface area contributed by atoms with E-state index in [-0.39, 0.29) is 5.92 Å². The summed E-state index contributed by atoms with van der Waals surface area (Å²) in [5, 5.41) is 10.1. The van der Waals surface area contributed by atoms with E-state index in [9.17, 15) is 5.11 Å². The lowest BCUT2D eigenvalue weighted by Gasteiger charge is -2.19. The Hall–Kier alpha value is -1.44. The molecule has 2 atom stereocenters. The molecule has 23 heavy (non-hydrogen) atoms. The maximum Gasteiger partial charge on any atom is 0.164 e. The van der Waals surface area contributed by atoms with Crippen molar-refractivity contribution in [1.82, 2.24) is 0 Å². The maximum absolute atomic E-state index is 10.1. The van der Waals surface area contributed by atoms with E-state index in [1.807, 2.05) is 6.92 Å². The SMILES string of the molecule is COc1c(C)ccc([C@H](C)CCC(O)C#C[Si](C)(C)C)c1OC. The highest BCUT2D eigenvalue weighted by Crippen LogP contribution is 2.39. The number of aliphatic hydroxyl groups is 1. The van der Waals surface area contributed by atoms with Crippen molar-refractivity contribution < 1.29 is 14.6 Å². The molecule has 1 unspecified atom stereocenters. The predicted octanol–water partition coefficient (Wildman–Crippen LogP) is 4.14. The van der Waals surface area contributed by atoms with Crippen LogP contribution in [0.2, 0.25) is 19.6 Å². The van der Waals surface area contributed by atoms with Crippen LogP contribution in [0.25, 0.3) is 0 Å². The highest BCUT2D eigenvalue weighted by atomic mass is 28.3. The minimum absolute atomic E-state index is 0.266. The van der Waals surface area contributed by atoms with Gasteiger partial charge in [0.05, 0.1) is 14.2 Å². The molecule has 0 saturated carbocycles. The van der Waals surface area contributed by atoms with E-state index in [0.29, 0.717) is 6.42 Å². The van der Waals surface area contributed by atoms with E-state index < -0.39 is 14.2 Å². The van der Waals surface area contributed by atoms with Crippen LogP contribution in [0.4, 0.5) is 0 Å². The molecule has 1 aromatic carbocycles. The normalized spacial score (nSPS) is 13.7. The molecule has 0 heterocycles. The molecule has 0 saturated heterocycles. The Kier molecular flexibility index (Phi) is 7.18. The second-order valence-corrected chi connectivity index (χ2v) is 11.8. The van der Waals surface area contributed by atoms with Gasteiger partial charge < -0.3 is 14.6 Å². The van der Waals surface area contributed by atoms with Gasteiger partial charge in [-0.3, -0.25) is 0 Å². The van der Waals surface area contributed by atoms with Crippen LogP contribution in [-0.4, -0.2) is 33.5 Å². The Labute approximate surface area is 142 Å². The lowest BCUT2D eigenvalue weighted by molar-refractivity contribution is 0.215. The van der Waals surface area contributed by atoms with E-state index in [2.05, 4.69) is 50.2 Å². The summed E-state index contributed by atoms with van der Waals surface area (Å²) in [7, 11) is 1.90. The molecule has 0 aliphatic rings. The molecule has 128 valence electrons. The first-order valence-electron chi connectivity index (χ1n) is 8.11. The zero-order valence-corrected chi connectivity index (χ0v) is 16.5. The summed E-state index contributed by atoms with van der Waals surface area (Å²) < 4.78 is 11.0. The first-order valence-corrected chi connectivity index (χ1v) is 11.6. The van der Waals surface area contributed by atoms with Crippen molar-refractivity contribution in [1.29, 1.82) is 0 Å². The van der Waals surface area contributed by atoms with E-state index >= 15 is 0 Å². The summed E-state index contributed by atoms with van der Waals surface area (Å²) in [6.45, 7) is 10.7. The number of hydrogen-bond acceptors (Lipinski definition) is 3. The van der Waals surface area contributed by atoms with Gasteiger partial charge in [-0.05, 0) is 31.2 Å². The number of rotatable bonds is 6. The maximum atomic E-state index is 10.1. The van der Waals surface area contributed by atoms with Gasteiger partial charge in [0.1, 0.15) is 14.2 Å². The van der Waals surface area contributed by atoms with Crippen molar-refractivity contribution in [3.05, 3.63) is 23.3 Å². The Bertz CT molecular complexity index is 579. The molecule has 0 aliphatic heterocycles. The first-order chi connectivity index (χ1) is 10.7. The lowest BCUT2D eigenvalue weighted by atomic mass is 9.93. The molecule has 1 N–H and O–H groups in total. The lowest BCUT2D eigenvalue weighted by Crippen LogP contribution is -2.18. The van der Waals surface area contributed by atoms with Gasteiger partial charge in [0.15, 0.2) is 11.5 Å². The summed E-state index contributed by atoms with van der Waals surface area (Å²) in [5.41, 5.74) is 5.40. The van der Waals surface area contributed by atoms with Crippen LogP contribution in [0, 0.1) is 18.4 Å². The molecule has 1 aromatic rings. The van der Waals surface area contributed by atoms with Crippen LogP contribution in [-0.2, 0) is 0 Å². The number of benzene rings is 1. The van der Waals surface area contributed by atoms with Crippen molar-refractivity contribution in [2.45, 2.75) is 58.4 Å². The monoisotopic (exact) mass is 334 g/mol. The van der Waals surface area contributed by atoms with Gasteiger partial charge in [0.2, 0.25) is 0 Å². The molecule has 4 heteroatoms. The zero-order chi connectivity index (χ0) is 17.6. The minimum Gasteiger partial charge on any atom is -0.493 e. The van der Waals surface area contributed by atoms with Gasteiger partial charge in [0.25, 0.3) is 0 Å². The van der Waals surface area contributed by atoms with Crippen molar-refractivity contribution in [2.24, 2.45) is 0 Å². The minimum atomic E-state index is -1.43. The van der Waals surface area contributed by atoms with Crippen LogP contribution < -0.4 is 9.47 Å². The first kappa shape index (κ1) is 19.6. The second-order valence-electron chi connectivity index (χ2n) is 7.05. The van der Waals surface area contributed by atoms with Gasteiger partial charge in [-0.2, -0.15) is 0 Å². The molecule has 0 radical (unpaired) electrons. The predicted molar refractivity (Wildman–Crippen MR) is 99.1 cm³/mol. The average Bonchev–Trinajstić information content (AvgIpc) is 2.49. The van der Waals surface area contributed by atoms with E-state index in [0.717, 1.165) is 29.0 Å². The van der Waals surface area contributed by atoms with E-state index in [1.165, 1.54) is 0 Å². The van der Waals surface area contributed by atoms with Gasteiger partial charge in [-0.1, -0.05) is 44.6 Å². The highest BCUT2D eigenvalue weighted by molar-refractivity contribution is 6.83. The molecule has 0 aromatic heterocycles. The third kappa shape index (κ3) is 5.93. The fourth-order valence-electron chi connectivity index (χ4n) is 2.46. The molecule has 0 spiro atoms. The number of methoxy groups -OCH3 is 2. The van der Waals surface area contributed by atoms with Gasteiger partial charge in [-0.25, -0.2) is 0 Å². The summed E-state index contributed by atoms with van der Waals surface area (Å²) in [6, 6.07) is 4.14. The van der Waals surface area contributed by atoms with E-state index in [1.54, 1.807) is 14.2 Å². The quantitative estimate of drug-likeness (QED) is 0.628. The standard InChI is InChI=1S/C19H30O3Si/c1-14(8-10-16(20)12-13-23(5,6)7)17-11-9-15(2)18(21-3)19(17)22-4/h9,11,14,16,20H,8,10H2,1-7H3/t14-,16?/m1/s1. The van der Waals surface area contributed by atoms with Crippen LogP contribution in [0.3, 0.4) is 0 Å². The summed E-state index contributed by atoms with van der Waals surface area (Å²) in [4.78, 5) is 0. The molecule has 1 rings (SSSR count). The summed E-state index contributed by atoms with van der Waals surface area (Å²) in [5.74, 6) is 4.85. The Morgan fingerprint density at radius 2 is 1.70 bits per heavy atom. The molecule has 0 fully saturated rings. The molecule has 0 bridgehead atoms. The fraction of sp³-hybridized carbons (Fsp3) is 0.579. The van der Waals surface area contributed by atoms with Crippen LogP contribution in [0.1, 0.15) is 36.8 Å². The smallest absolute Gasteiger partial charge is 0.164 e. The highest BCUT2D eigenvalue weighted by Gasteiger charge is 2.18. The fourth-order valence-corrected chi connectivity index (χ4v) is 3.06. The third-order valence-electron chi connectivity index (χ3n) is 3.77. The number of hydrogen-bond donors (Lipinski definition) is 1. The van der Waals surface area contributed by atoms with Crippen molar-refractivity contribution in [3.63, 3.8) is 0 Å². The summed E-state index contributed by atoms with van der Waals surface area (Å²) >= 11 is 0. The molecule has 0 amide bonds. The Morgan fingerprint density at radius 1 is 1.09 bits per heavy atom. The second kappa shape index (κ2) is 8.42. The van der Waals surface area contributed by atoms with Gasteiger partial charge in [0, 0.05) is 5.56 Å². The molecule has 3 nitrogen and oxygen atoms in total. The average molecular weight is 335 g/mol. The zero-order valence-electron chi connectivity index (χ0n) is 15.5. The molecular formula is C19H30O3Si. The third-order valence-corrected chi connectivity index (χ3v) is 4.66.